The van der Waals surface area contributed by atoms with Crippen molar-refractivity contribution in [2.24, 2.45) is 0 Å². The number of esters is 4. The van der Waals surface area contributed by atoms with Gasteiger partial charge in [-0.2, -0.15) is 0 Å². The lowest BCUT2D eigenvalue weighted by atomic mass is 10.4. The minimum Gasteiger partial charge on any atom is -0.466 e. The SMILES string of the molecule is COC(=O)C=CC(=O)OCC(O)COC(=O)/C=C/C(=O)OC. The van der Waals surface area contributed by atoms with E-state index < -0.39 is 43.2 Å². The predicted octanol–water partition coefficient (Wildman–Crippen LogP) is -1.11. The van der Waals surface area contributed by atoms with Crippen LogP contribution in [0.4, 0.5) is 0 Å². The van der Waals surface area contributed by atoms with E-state index in [1.54, 1.807) is 0 Å². The number of hydrogen-bond acceptors (Lipinski definition) is 9. The van der Waals surface area contributed by atoms with Gasteiger partial charge < -0.3 is 24.1 Å². The van der Waals surface area contributed by atoms with E-state index in [-0.39, 0.29) is 0 Å². The molecule has 122 valence electrons. The summed E-state index contributed by atoms with van der Waals surface area (Å²) in [4.78, 5) is 43.6. The third-order valence-corrected chi connectivity index (χ3v) is 1.95. The van der Waals surface area contributed by atoms with Crippen LogP contribution in [0, 0.1) is 0 Å². The Balaban J connectivity index is 3.97. The van der Waals surface area contributed by atoms with Gasteiger partial charge in [-0.05, 0) is 0 Å². The van der Waals surface area contributed by atoms with Gasteiger partial charge in [0.25, 0.3) is 0 Å². The minimum atomic E-state index is -1.26. The van der Waals surface area contributed by atoms with Crippen LogP contribution in [0.15, 0.2) is 24.3 Å². The molecule has 0 aliphatic heterocycles. The van der Waals surface area contributed by atoms with Gasteiger partial charge >= 0.3 is 23.9 Å². The van der Waals surface area contributed by atoms with Gasteiger partial charge in [0, 0.05) is 24.3 Å². The molecule has 1 unspecified atom stereocenters. The molecule has 1 atom stereocenters. The molecule has 0 aliphatic carbocycles. The van der Waals surface area contributed by atoms with Gasteiger partial charge in [0.1, 0.15) is 19.3 Å². The molecule has 0 aromatic rings. The molecule has 0 aromatic heterocycles. The predicted molar refractivity (Wildman–Crippen MR) is 70.2 cm³/mol. The van der Waals surface area contributed by atoms with Crippen molar-refractivity contribution in [3.8, 4) is 0 Å². The first-order chi connectivity index (χ1) is 10.4. The number of hydrogen-bond donors (Lipinski definition) is 1. The van der Waals surface area contributed by atoms with Crippen LogP contribution in [0.5, 0.6) is 0 Å². The number of aliphatic hydroxyl groups excluding tert-OH is 1. The second-order valence-corrected chi connectivity index (χ2v) is 3.63. The number of carbonyl (C=O) groups is 4. The Bertz CT molecular complexity index is 422. The standard InChI is InChI=1S/C13H16O9/c1-19-10(15)3-5-12(17)21-7-9(14)8-22-13(18)6-4-11(16)20-2/h3-6,9,14H,7-8H2,1-2H3/b5-3+,6-4?. The van der Waals surface area contributed by atoms with Gasteiger partial charge in [-0.25, -0.2) is 19.2 Å². The van der Waals surface area contributed by atoms with Crippen LogP contribution in [-0.4, -0.2) is 62.5 Å². The van der Waals surface area contributed by atoms with Crippen molar-refractivity contribution in [3.05, 3.63) is 24.3 Å². The van der Waals surface area contributed by atoms with Gasteiger partial charge in [0.15, 0.2) is 0 Å². The number of carbonyl (C=O) groups excluding carboxylic acids is 4. The molecule has 9 nitrogen and oxygen atoms in total. The number of rotatable bonds is 8. The summed E-state index contributed by atoms with van der Waals surface area (Å²) in [6.45, 7) is -0.892. The quantitative estimate of drug-likeness (QED) is 0.337. The fourth-order valence-electron chi connectivity index (χ4n) is 0.909. The van der Waals surface area contributed by atoms with Crippen LogP contribution in [-0.2, 0) is 38.1 Å². The van der Waals surface area contributed by atoms with E-state index in [1.807, 2.05) is 0 Å². The Kier molecular flexibility index (Phi) is 9.69. The van der Waals surface area contributed by atoms with Gasteiger partial charge in [-0.1, -0.05) is 0 Å². The maximum atomic E-state index is 11.1. The highest BCUT2D eigenvalue weighted by Gasteiger charge is 2.10. The van der Waals surface area contributed by atoms with Crippen LogP contribution in [0.3, 0.4) is 0 Å². The highest BCUT2D eigenvalue weighted by atomic mass is 16.6. The van der Waals surface area contributed by atoms with Gasteiger partial charge in [0.2, 0.25) is 0 Å². The molecule has 0 saturated carbocycles. The second-order valence-electron chi connectivity index (χ2n) is 3.63. The molecule has 0 saturated heterocycles. The van der Waals surface area contributed by atoms with Crippen LogP contribution >= 0.6 is 0 Å². The summed E-state index contributed by atoms with van der Waals surface area (Å²) in [6.07, 6.45) is 2.09. The maximum absolute atomic E-state index is 11.1. The van der Waals surface area contributed by atoms with E-state index in [0.717, 1.165) is 38.5 Å². The van der Waals surface area contributed by atoms with Crippen LogP contribution in [0.2, 0.25) is 0 Å². The van der Waals surface area contributed by atoms with Gasteiger partial charge in [-0.3, -0.25) is 0 Å². The molecule has 22 heavy (non-hydrogen) atoms. The molecule has 0 spiro atoms. The summed E-state index contributed by atoms with van der Waals surface area (Å²) in [5.41, 5.74) is 0. The number of ether oxygens (including phenoxy) is 4. The summed E-state index contributed by atoms with van der Waals surface area (Å²) in [5, 5.41) is 9.41. The van der Waals surface area contributed by atoms with Crippen LogP contribution in [0.25, 0.3) is 0 Å². The zero-order chi connectivity index (χ0) is 17.0. The lowest BCUT2D eigenvalue weighted by Gasteiger charge is -2.10. The third kappa shape index (κ3) is 10.1. The summed E-state index contributed by atoms with van der Waals surface area (Å²) in [6, 6.07) is 0. The van der Waals surface area contributed by atoms with E-state index in [2.05, 4.69) is 18.9 Å². The minimum absolute atomic E-state index is 0.446. The van der Waals surface area contributed by atoms with Crippen molar-refractivity contribution >= 4 is 23.9 Å². The first-order valence-electron chi connectivity index (χ1n) is 5.92. The fraction of sp³-hybridized carbons (Fsp3) is 0.385. The molecular weight excluding hydrogens is 300 g/mol. The van der Waals surface area contributed by atoms with Crippen molar-refractivity contribution < 1.29 is 43.2 Å². The largest absolute Gasteiger partial charge is 0.466 e. The first kappa shape index (κ1) is 19.3. The molecule has 9 heteroatoms. The Labute approximate surface area is 126 Å². The monoisotopic (exact) mass is 316 g/mol. The lowest BCUT2D eigenvalue weighted by Crippen LogP contribution is -2.24. The third-order valence-electron chi connectivity index (χ3n) is 1.95. The number of methoxy groups -OCH3 is 2. The molecular formula is C13H16O9. The van der Waals surface area contributed by atoms with Crippen LogP contribution in [0.1, 0.15) is 0 Å². The maximum Gasteiger partial charge on any atom is 0.331 e. The molecule has 0 heterocycles. The molecule has 0 fully saturated rings. The fourth-order valence-corrected chi connectivity index (χ4v) is 0.909. The number of aliphatic hydroxyl groups is 1. The van der Waals surface area contributed by atoms with Crippen molar-refractivity contribution in [2.75, 3.05) is 27.4 Å². The van der Waals surface area contributed by atoms with Crippen molar-refractivity contribution in [2.45, 2.75) is 6.10 Å². The van der Waals surface area contributed by atoms with E-state index in [0.29, 0.717) is 0 Å². The molecule has 0 radical (unpaired) electrons. The van der Waals surface area contributed by atoms with E-state index >= 15 is 0 Å². The zero-order valence-corrected chi connectivity index (χ0v) is 12.0. The lowest BCUT2D eigenvalue weighted by molar-refractivity contribution is -0.147. The van der Waals surface area contributed by atoms with E-state index in [1.165, 1.54) is 0 Å². The molecule has 0 bridgehead atoms. The van der Waals surface area contributed by atoms with Crippen molar-refractivity contribution in [1.29, 1.82) is 0 Å². The molecule has 0 aliphatic rings. The highest BCUT2D eigenvalue weighted by Crippen LogP contribution is 1.92. The van der Waals surface area contributed by atoms with Crippen LogP contribution < -0.4 is 0 Å². The smallest absolute Gasteiger partial charge is 0.331 e. The summed E-state index contributed by atoms with van der Waals surface area (Å²) in [7, 11) is 2.29. The summed E-state index contributed by atoms with van der Waals surface area (Å²) < 4.78 is 17.7. The topological polar surface area (TPSA) is 125 Å². The van der Waals surface area contributed by atoms with Crippen molar-refractivity contribution in [3.63, 3.8) is 0 Å². The zero-order valence-electron chi connectivity index (χ0n) is 12.0. The highest BCUT2D eigenvalue weighted by molar-refractivity contribution is 5.92. The average Bonchev–Trinajstić information content (AvgIpc) is 2.53. The summed E-state index contributed by atoms with van der Waals surface area (Å²) >= 11 is 0. The molecule has 1 N–H and O–H groups in total. The molecule has 0 rings (SSSR count). The van der Waals surface area contributed by atoms with E-state index in [9.17, 15) is 24.3 Å². The Hall–Kier alpha value is -2.68. The van der Waals surface area contributed by atoms with Gasteiger partial charge in [0.05, 0.1) is 14.2 Å². The van der Waals surface area contributed by atoms with E-state index in [4.69, 9.17) is 0 Å². The Morgan fingerprint density at radius 1 is 0.773 bits per heavy atom. The Morgan fingerprint density at radius 3 is 1.41 bits per heavy atom. The Morgan fingerprint density at radius 2 is 1.09 bits per heavy atom. The first-order valence-corrected chi connectivity index (χ1v) is 5.92. The molecule has 0 aromatic carbocycles. The van der Waals surface area contributed by atoms with Gasteiger partial charge in [-0.15, -0.1) is 0 Å². The molecule has 0 amide bonds. The second kappa shape index (κ2) is 11.0. The van der Waals surface area contributed by atoms with Crippen molar-refractivity contribution in [1.82, 2.24) is 0 Å². The summed E-state index contributed by atoms with van der Waals surface area (Å²) in [5.74, 6) is -3.21. The normalized spacial score (nSPS) is 12.0. The average molecular weight is 316 g/mol.